The number of nitrogens with two attached hydrogens (primary N) is 1. The Balaban J connectivity index is 2.33. The summed E-state index contributed by atoms with van der Waals surface area (Å²) < 4.78 is 6.96. The van der Waals surface area contributed by atoms with Gasteiger partial charge in [0.1, 0.15) is 17.6 Å². The molecule has 0 saturated heterocycles. The molecule has 2 aromatic heterocycles. The van der Waals surface area contributed by atoms with E-state index in [0.29, 0.717) is 0 Å². The van der Waals surface area contributed by atoms with Crippen LogP contribution in [0.15, 0.2) is 16.5 Å². The highest BCUT2D eigenvalue weighted by molar-refractivity contribution is 5.17. The molecule has 0 spiro atoms. The molecule has 2 rings (SSSR count). The number of rotatable bonds is 2. The van der Waals surface area contributed by atoms with Crippen LogP contribution in [0.25, 0.3) is 0 Å². The highest BCUT2D eigenvalue weighted by Gasteiger charge is 2.15. The summed E-state index contributed by atoms with van der Waals surface area (Å²) in [6, 6.07) is 3.70. The molecule has 0 saturated carbocycles. The number of nitrogen functional groups attached to an aromatic ring is 1. The molecule has 0 radical (unpaired) electrons. The van der Waals surface area contributed by atoms with Crippen LogP contribution in [0.4, 0.5) is 5.95 Å². The molecular formula is C8H11N5O. The first-order valence-corrected chi connectivity index (χ1v) is 4.28. The molecule has 2 aromatic rings. The summed E-state index contributed by atoms with van der Waals surface area (Å²) in [4.78, 5) is 0. The van der Waals surface area contributed by atoms with E-state index in [4.69, 9.17) is 10.2 Å². The van der Waals surface area contributed by atoms with E-state index >= 15 is 0 Å². The monoisotopic (exact) mass is 193 g/mol. The third kappa shape index (κ3) is 1.34. The number of nitrogens with zero attached hydrogens (tertiary/aromatic N) is 4. The van der Waals surface area contributed by atoms with Gasteiger partial charge in [-0.3, -0.25) is 0 Å². The van der Waals surface area contributed by atoms with Gasteiger partial charge in [0.25, 0.3) is 0 Å². The molecular weight excluding hydrogens is 182 g/mol. The summed E-state index contributed by atoms with van der Waals surface area (Å²) in [5.41, 5.74) is 5.57. The predicted octanol–water partition coefficient (Wildman–Crippen LogP) is 0.766. The van der Waals surface area contributed by atoms with E-state index in [1.54, 1.807) is 0 Å². The molecule has 0 aliphatic heterocycles. The molecule has 1 atom stereocenters. The maximum Gasteiger partial charge on any atom is 0.240 e. The van der Waals surface area contributed by atoms with Crippen LogP contribution in [0.3, 0.4) is 0 Å². The lowest BCUT2D eigenvalue weighted by molar-refractivity contribution is 0.409. The van der Waals surface area contributed by atoms with E-state index in [1.807, 2.05) is 26.0 Å². The van der Waals surface area contributed by atoms with Crippen LogP contribution in [0.1, 0.15) is 24.5 Å². The minimum absolute atomic E-state index is 0.0845. The van der Waals surface area contributed by atoms with Crippen molar-refractivity contribution in [1.29, 1.82) is 0 Å². The number of hydrogen-bond acceptors (Lipinski definition) is 5. The van der Waals surface area contributed by atoms with Gasteiger partial charge in [-0.25, -0.2) is 4.68 Å². The molecule has 6 nitrogen and oxygen atoms in total. The first-order chi connectivity index (χ1) is 6.68. The van der Waals surface area contributed by atoms with Crippen LogP contribution in [0.5, 0.6) is 0 Å². The molecule has 2 N–H and O–H groups in total. The smallest absolute Gasteiger partial charge is 0.240 e. The molecule has 0 aliphatic carbocycles. The minimum atomic E-state index is -0.0845. The topological polar surface area (TPSA) is 82.8 Å². The highest BCUT2D eigenvalue weighted by atomic mass is 16.3. The van der Waals surface area contributed by atoms with Gasteiger partial charge < -0.3 is 10.2 Å². The van der Waals surface area contributed by atoms with Gasteiger partial charge in [0.05, 0.1) is 0 Å². The van der Waals surface area contributed by atoms with Crippen molar-refractivity contribution in [2.24, 2.45) is 0 Å². The largest absolute Gasteiger partial charge is 0.464 e. The van der Waals surface area contributed by atoms with Crippen LogP contribution < -0.4 is 5.73 Å². The standard InChI is InChI=1S/C8H11N5O/c1-5-3-4-7(14-5)6(2)13-8(9)10-11-12-13/h3-4,6H,1-2H3,(H2,9,10,12). The van der Waals surface area contributed by atoms with Crippen LogP contribution in [-0.4, -0.2) is 20.2 Å². The Morgan fingerprint density at radius 1 is 1.50 bits per heavy atom. The summed E-state index contributed by atoms with van der Waals surface area (Å²) in [5, 5.41) is 10.9. The first kappa shape index (κ1) is 8.74. The van der Waals surface area contributed by atoms with Crippen molar-refractivity contribution in [3.8, 4) is 0 Å². The zero-order valence-corrected chi connectivity index (χ0v) is 8.01. The van der Waals surface area contributed by atoms with E-state index in [9.17, 15) is 0 Å². The molecule has 0 amide bonds. The van der Waals surface area contributed by atoms with E-state index in [1.165, 1.54) is 4.68 Å². The second-order valence-corrected chi connectivity index (χ2v) is 3.11. The fourth-order valence-corrected chi connectivity index (χ4v) is 1.27. The summed E-state index contributed by atoms with van der Waals surface area (Å²) >= 11 is 0. The number of anilines is 1. The summed E-state index contributed by atoms with van der Waals surface area (Å²) in [6.07, 6.45) is 0. The van der Waals surface area contributed by atoms with Gasteiger partial charge in [-0.15, -0.1) is 0 Å². The maximum absolute atomic E-state index is 5.57. The number of hydrogen-bond donors (Lipinski definition) is 1. The van der Waals surface area contributed by atoms with Gasteiger partial charge in [-0.1, -0.05) is 5.10 Å². The second-order valence-electron chi connectivity index (χ2n) is 3.11. The van der Waals surface area contributed by atoms with Gasteiger partial charge in [-0.05, 0) is 36.4 Å². The highest BCUT2D eigenvalue weighted by Crippen LogP contribution is 2.20. The Morgan fingerprint density at radius 3 is 2.79 bits per heavy atom. The van der Waals surface area contributed by atoms with Crippen molar-refractivity contribution in [2.75, 3.05) is 5.73 Å². The average molecular weight is 193 g/mol. The Kier molecular flexibility index (Phi) is 1.95. The fourth-order valence-electron chi connectivity index (χ4n) is 1.27. The third-order valence-electron chi connectivity index (χ3n) is 2.06. The average Bonchev–Trinajstić information content (AvgIpc) is 2.73. The molecule has 0 aromatic carbocycles. The zero-order chi connectivity index (χ0) is 10.1. The van der Waals surface area contributed by atoms with Crippen molar-refractivity contribution in [2.45, 2.75) is 19.9 Å². The van der Waals surface area contributed by atoms with E-state index in [0.717, 1.165) is 11.5 Å². The number of tetrazole rings is 1. The van der Waals surface area contributed by atoms with E-state index < -0.39 is 0 Å². The fraction of sp³-hybridized carbons (Fsp3) is 0.375. The van der Waals surface area contributed by atoms with Crippen LogP contribution in [0.2, 0.25) is 0 Å². The minimum Gasteiger partial charge on any atom is -0.464 e. The van der Waals surface area contributed by atoms with Crippen LogP contribution >= 0.6 is 0 Å². The molecule has 2 heterocycles. The van der Waals surface area contributed by atoms with Crippen molar-refractivity contribution < 1.29 is 4.42 Å². The van der Waals surface area contributed by atoms with Crippen LogP contribution in [0, 0.1) is 6.92 Å². The Morgan fingerprint density at radius 2 is 2.29 bits per heavy atom. The van der Waals surface area contributed by atoms with E-state index in [-0.39, 0.29) is 12.0 Å². The molecule has 14 heavy (non-hydrogen) atoms. The van der Waals surface area contributed by atoms with Crippen molar-refractivity contribution in [1.82, 2.24) is 20.2 Å². The molecule has 0 bridgehead atoms. The normalized spacial score (nSPS) is 13.0. The van der Waals surface area contributed by atoms with Gasteiger partial charge >= 0.3 is 0 Å². The van der Waals surface area contributed by atoms with Crippen molar-refractivity contribution >= 4 is 5.95 Å². The summed E-state index contributed by atoms with van der Waals surface area (Å²) in [5.74, 6) is 1.94. The Hall–Kier alpha value is -1.85. The zero-order valence-electron chi connectivity index (χ0n) is 8.01. The molecule has 1 unspecified atom stereocenters. The van der Waals surface area contributed by atoms with Gasteiger partial charge in [-0.2, -0.15) is 0 Å². The first-order valence-electron chi connectivity index (χ1n) is 4.28. The Labute approximate surface area is 80.7 Å². The molecule has 0 fully saturated rings. The number of aromatic nitrogens is 4. The SMILES string of the molecule is Cc1ccc(C(C)n2nnnc2N)o1. The van der Waals surface area contributed by atoms with Gasteiger partial charge in [0.15, 0.2) is 0 Å². The second kappa shape index (κ2) is 3.13. The number of aryl methyl sites for hydroxylation is 1. The third-order valence-corrected chi connectivity index (χ3v) is 2.06. The van der Waals surface area contributed by atoms with Crippen molar-refractivity contribution in [3.05, 3.63) is 23.7 Å². The van der Waals surface area contributed by atoms with Gasteiger partial charge in [0, 0.05) is 0 Å². The maximum atomic E-state index is 5.57. The lowest BCUT2D eigenvalue weighted by atomic mass is 10.2. The van der Waals surface area contributed by atoms with Crippen LogP contribution in [-0.2, 0) is 0 Å². The quantitative estimate of drug-likeness (QED) is 0.761. The predicted molar refractivity (Wildman–Crippen MR) is 49.5 cm³/mol. The Bertz CT molecular complexity index is 432. The lowest BCUT2D eigenvalue weighted by Crippen LogP contribution is -2.11. The van der Waals surface area contributed by atoms with E-state index in [2.05, 4.69) is 15.5 Å². The molecule has 74 valence electrons. The molecule has 6 heteroatoms. The summed E-state index contributed by atoms with van der Waals surface area (Å²) in [6.45, 7) is 3.81. The lowest BCUT2D eigenvalue weighted by Gasteiger charge is -2.07. The number of furan rings is 1. The van der Waals surface area contributed by atoms with Crippen molar-refractivity contribution in [3.63, 3.8) is 0 Å². The van der Waals surface area contributed by atoms with Gasteiger partial charge in [0.2, 0.25) is 5.95 Å². The summed E-state index contributed by atoms with van der Waals surface area (Å²) in [7, 11) is 0. The molecule has 0 aliphatic rings.